The predicted molar refractivity (Wildman–Crippen MR) is 181 cm³/mol. The summed E-state index contributed by atoms with van der Waals surface area (Å²) in [6.45, 7) is 3.96. The van der Waals surface area contributed by atoms with Gasteiger partial charge in [0.2, 0.25) is 17.7 Å². The van der Waals surface area contributed by atoms with Crippen LogP contribution >= 0.6 is 15.9 Å². The van der Waals surface area contributed by atoms with Crippen molar-refractivity contribution in [2.75, 3.05) is 19.8 Å². The summed E-state index contributed by atoms with van der Waals surface area (Å²) in [4.78, 5) is 60.1. The molecule has 5 bridgehead atoms. The quantitative estimate of drug-likeness (QED) is 0.327. The average Bonchev–Trinajstić information content (AvgIpc) is 3.69. The minimum atomic E-state index is -1.44. The van der Waals surface area contributed by atoms with Crippen LogP contribution in [0.2, 0.25) is 0 Å². The number of esters is 1. The number of carbonyl (C=O) groups excluding carboxylic acids is 4. The smallest absolute Gasteiger partial charge is 0.306 e. The Morgan fingerprint density at radius 2 is 1.73 bits per heavy atom. The molecule has 2 aromatic carbocycles. The van der Waals surface area contributed by atoms with Crippen LogP contribution in [0.5, 0.6) is 0 Å². The SMILES string of the molecule is CC[C@H](C)[C@H](CO)N1C(=O)[C@@H]2[C@H]3C(=O)N[C@@H](c4ccccc4)COC(=O)CC/C=C\CN(Cc4ccccc4)C(=O)[C@@H]1[C@]21C=C(Br)[C@H]3O1. The van der Waals surface area contributed by atoms with Crippen LogP contribution < -0.4 is 5.32 Å². The lowest BCUT2D eigenvalue weighted by molar-refractivity contribution is -0.152. The van der Waals surface area contributed by atoms with Gasteiger partial charge >= 0.3 is 5.97 Å². The second kappa shape index (κ2) is 14.4. The Labute approximate surface area is 289 Å². The van der Waals surface area contributed by atoms with E-state index < -0.39 is 59.5 Å². The number of likely N-dealkylation sites (tertiary alicyclic amines) is 1. The minimum Gasteiger partial charge on any atom is -0.463 e. The molecule has 4 aliphatic rings. The third-order valence-electron chi connectivity index (χ3n) is 10.2. The summed E-state index contributed by atoms with van der Waals surface area (Å²) in [5.74, 6) is -3.73. The van der Waals surface area contributed by atoms with E-state index in [1.807, 2.05) is 86.7 Å². The Balaban J connectivity index is 1.47. The first-order chi connectivity index (χ1) is 23.2. The van der Waals surface area contributed by atoms with Gasteiger partial charge in [0.15, 0.2) is 0 Å². The van der Waals surface area contributed by atoms with E-state index in [2.05, 4.69) is 21.2 Å². The van der Waals surface area contributed by atoms with Gasteiger partial charge in [0.05, 0.1) is 30.5 Å². The molecule has 4 heterocycles. The first-order valence-electron chi connectivity index (χ1n) is 16.7. The normalized spacial score (nSPS) is 31.2. The highest BCUT2D eigenvalue weighted by Crippen LogP contribution is 2.59. The van der Waals surface area contributed by atoms with Crippen molar-refractivity contribution < 1.29 is 33.8 Å². The van der Waals surface area contributed by atoms with Crippen LogP contribution in [0.3, 0.4) is 0 Å². The van der Waals surface area contributed by atoms with E-state index in [9.17, 15) is 19.5 Å². The highest BCUT2D eigenvalue weighted by molar-refractivity contribution is 9.11. The van der Waals surface area contributed by atoms with Gasteiger partial charge in [-0.2, -0.15) is 0 Å². The van der Waals surface area contributed by atoms with E-state index in [0.717, 1.165) is 11.1 Å². The van der Waals surface area contributed by atoms with Crippen molar-refractivity contribution >= 4 is 39.6 Å². The Hall–Kier alpha value is -3.80. The molecule has 2 fully saturated rings. The minimum absolute atomic E-state index is 0.0873. The topological polar surface area (TPSA) is 125 Å². The molecule has 2 saturated heterocycles. The number of hydrogen-bond acceptors (Lipinski definition) is 7. The predicted octanol–water partition coefficient (Wildman–Crippen LogP) is 4.05. The Bertz CT molecular complexity index is 1580. The third kappa shape index (κ3) is 6.23. The number of aliphatic hydroxyl groups excluding tert-OH is 1. The first-order valence-corrected chi connectivity index (χ1v) is 17.5. The number of benzene rings is 2. The molecule has 0 unspecified atom stereocenters. The maximum atomic E-state index is 15.0. The summed E-state index contributed by atoms with van der Waals surface area (Å²) in [6, 6.07) is 16.3. The Morgan fingerprint density at radius 1 is 1.02 bits per heavy atom. The lowest BCUT2D eigenvalue weighted by atomic mass is 9.74. The molecule has 48 heavy (non-hydrogen) atoms. The molecular weight excluding hydrogens is 678 g/mol. The number of nitrogens with one attached hydrogen (secondary N) is 1. The second-order valence-electron chi connectivity index (χ2n) is 13.1. The molecule has 6 rings (SSSR count). The maximum absolute atomic E-state index is 15.0. The van der Waals surface area contributed by atoms with Crippen molar-refractivity contribution in [2.24, 2.45) is 17.8 Å². The summed E-state index contributed by atoms with van der Waals surface area (Å²) >= 11 is 3.62. The molecule has 3 amide bonds. The van der Waals surface area contributed by atoms with Crippen LogP contribution in [0.15, 0.2) is 83.4 Å². The Morgan fingerprint density at radius 3 is 2.42 bits per heavy atom. The van der Waals surface area contributed by atoms with Gasteiger partial charge in [0.25, 0.3) is 0 Å². The van der Waals surface area contributed by atoms with E-state index in [0.29, 0.717) is 17.3 Å². The van der Waals surface area contributed by atoms with Crippen LogP contribution in [0.25, 0.3) is 0 Å². The van der Waals surface area contributed by atoms with Crippen molar-refractivity contribution in [3.63, 3.8) is 0 Å². The van der Waals surface area contributed by atoms with E-state index in [-0.39, 0.29) is 44.5 Å². The van der Waals surface area contributed by atoms with E-state index in [1.165, 1.54) is 4.90 Å². The van der Waals surface area contributed by atoms with Gasteiger partial charge < -0.3 is 29.7 Å². The number of cyclic esters (lactones) is 1. The summed E-state index contributed by atoms with van der Waals surface area (Å²) in [7, 11) is 0. The third-order valence-corrected chi connectivity index (χ3v) is 10.9. The fourth-order valence-electron chi connectivity index (χ4n) is 7.56. The summed E-state index contributed by atoms with van der Waals surface area (Å²) in [5, 5.41) is 13.8. The molecule has 2 N–H and O–H groups in total. The van der Waals surface area contributed by atoms with Crippen molar-refractivity contribution in [1.29, 1.82) is 0 Å². The molecule has 254 valence electrons. The summed E-state index contributed by atoms with van der Waals surface area (Å²) in [6.07, 6.45) is 5.88. The molecule has 1 spiro atoms. The molecule has 4 aliphatic heterocycles. The highest BCUT2D eigenvalue weighted by atomic mass is 79.9. The molecule has 2 aromatic rings. The zero-order valence-electron chi connectivity index (χ0n) is 27.2. The molecular formula is C37H42BrN3O7. The number of rotatable bonds is 7. The standard InChI is InChI=1S/C37H42BrN3O7/c1-3-23(2)28(21-42)41-33-36(46)40(20-24-13-7-4-8-14-24)18-12-6-11-17-29(43)47-22-27(25-15-9-5-10-16-25)39-34(44)30-31(35(41)45)37(33)19-26(38)32(30)48-37/h4-10,12-16,19,23,27-28,30-33,42H,3,11,17-18,20-22H2,1-2H3,(H,39,44)/b12-6-/t23-,27+,28-,30+,31-,32+,33+,37-/m0/s1. The largest absolute Gasteiger partial charge is 0.463 e. The monoisotopic (exact) mass is 719 g/mol. The molecule has 0 aromatic heterocycles. The van der Waals surface area contributed by atoms with Crippen LogP contribution in [0.1, 0.15) is 50.3 Å². The second-order valence-corrected chi connectivity index (χ2v) is 14.0. The zero-order valence-corrected chi connectivity index (χ0v) is 28.8. The Kier molecular flexibility index (Phi) is 10.2. The van der Waals surface area contributed by atoms with Gasteiger partial charge in [-0.15, -0.1) is 0 Å². The van der Waals surface area contributed by atoms with E-state index in [1.54, 1.807) is 11.0 Å². The van der Waals surface area contributed by atoms with Gasteiger partial charge in [-0.1, -0.05) is 109 Å². The van der Waals surface area contributed by atoms with Crippen LogP contribution in [-0.4, -0.2) is 82.1 Å². The molecule has 11 heteroatoms. The lowest BCUT2D eigenvalue weighted by Gasteiger charge is -2.40. The van der Waals surface area contributed by atoms with Gasteiger partial charge in [0, 0.05) is 24.0 Å². The lowest BCUT2D eigenvalue weighted by Crippen LogP contribution is -2.59. The fourth-order valence-corrected chi connectivity index (χ4v) is 8.30. The molecule has 0 saturated carbocycles. The average molecular weight is 721 g/mol. The number of allylic oxidation sites excluding steroid dienone is 1. The van der Waals surface area contributed by atoms with E-state index >= 15 is 4.79 Å². The number of hydrogen-bond donors (Lipinski definition) is 2. The molecule has 0 aliphatic carbocycles. The van der Waals surface area contributed by atoms with Crippen molar-refractivity contribution in [3.05, 3.63) is 94.5 Å². The van der Waals surface area contributed by atoms with Gasteiger partial charge in [-0.3, -0.25) is 19.2 Å². The van der Waals surface area contributed by atoms with Crippen LogP contribution in [0, 0.1) is 17.8 Å². The van der Waals surface area contributed by atoms with Crippen LogP contribution in [-0.2, 0) is 35.2 Å². The summed E-state index contributed by atoms with van der Waals surface area (Å²) < 4.78 is 12.9. The highest BCUT2D eigenvalue weighted by Gasteiger charge is 2.75. The number of nitrogens with zero attached hydrogens (tertiary/aromatic N) is 2. The summed E-state index contributed by atoms with van der Waals surface area (Å²) in [5.41, 5.74) is 0.199. The van der Waals surface area contributed by atoms with Gasteiger partial charge in [-0.25, -0.2) is 0 Å². The van der Waals surface area contributed by atoms with Crippen molar-refractivity contribution in [2.45, 2.75) is 69.5 Å². The number of carbonyl (C=O) groups is 4. The number of amides is 3. The maximum Gasteiger partial charge on any atom is 0.306 e. The zero-order chi connectivity index (χ0) is 34.0. The van der Waals surface area contributed by atoms with E-state index in [4.69, 9.17) is 9.47 Å². The van der Waals surface area contributed by atoms with Gasteiger partial charge in [-0.05, 0) is 29.5 Å². The molecule has 8 atom stereocenters. The number of aliphatic hydroxyl groups is 1. The molecule has 0 radical (unpaired) electrons. The van der Waals surface area contributed by atoms with Crippen molar-refractivity contribution in [3.8, 4) is 0 Å². The van der Waals surface area contributed by atoms with Gasteiger partial charge in [0.1, 0.15) is 24.4 Å². The fraction of sp³-hybridized carbons (Fsp3) is 0.459. The number of fused-ring (bicyclic) bond motifs is 2. The number of halogens is 1. The van der Waals surface area contributed by atoms with Crippen LogP contribution in [0.4, 0.5) is 0 Å². The first kappa shape index (κ1) is 34.1. The van der Waals surface area contributed by atoms with Crippen molar-refractivity contribution in [1.82, 2.24) is 15.1 Å². The molecule has 10 nitrogen and oxygen atoms in total. The number of ether oxygens (including phenoxy) is 2.